The van der Waals surface area contributed by atoms with Gasteiger partial charge < -0.3 is 10.2 Å². The zero-order valence-corrected chi connectivity index (χ0v) is 8.65. The highest BCUT2D eigenvalue weighted by atomic mass is 16.4. The summed E-state index contributed by atoms with van der Waals surface area (Å²) in [7, 11) is 0. The lowest BCUT2D eigenvalue weighted by Crippen LogP contribution is -2.33. The maximum Gasteiger partial charge on any atom is 0.307 e. The van der Waals surface area contributed by atoms with Crippen LogP contribution in [0.5, 0.6) is 0 Å². The van der Waals surface area contributed by atoms with Gasteiger partial charge in [-0.3, -0.25) is 9.69 Å². The molecule has 0 saturated carbocycles. The Morgan fingerprint density at radius 3 is 2.71 bits per heavy atom. The maximum absolute atomic E-state index is 10.6. The van der Waals surface area contributed by atoms with Crippen LogP contribution in [0.3, 0.4) is 0 Å². The van der Waals surface area contributed by atoms with Crippen LogP contribution in [0.25, 0.3) is 0 Å². The molecule has 0 aliphatic carbocycles. The zero-order chi connectivity index (χ0) is 11.0. The number of aliphatic hydroxyl groups is 1. The first-order chi connectivity index (χ1) is 6.61. The number of aliphatic hydroxyl groups excluding tert-OH is 1. The molecule has 0 aromatic carbocycles. The van der Waals surface area contributed by atoms with Crippen LogP contribution in [0.1, 0.15) is 13.3 Å². The van der Waals surface area contributed by atoms with Gasteiger partial charge in [0.1, 0.15) is 0 Å². The van der Waals surface area contributed by atoms with Gasteiger partial charge in [0, 0.05) is 26.2 Å². The Morgan fingerprint density at radius 1 is 1.64 bits per heavy atom. The Hall–Kier alpha value is -0.870. The SMILES string of the molecule is C=CCN(CCCO)CC(C)C(=O)O. The number of rotatable bonds is 8. The van der Waals surface area contributed by atoms with E-state index in [4.69, 9.17) is 10.2 Å². The summed E-state index contributed by atoms with van der Waals surface area (Å²) in [6.45, 7) is 7.30. The number of carboxylic acid groups (broad SMARTS) is 1. The lowest BCUT2D eigenvalue weighted by molar-refractivity contribution is -0.141. The molecule has 0 amide bonds. The summed E-state index contributed by atoms with van der Waals surface area (Å²) < 4.78 is 0. The van der Waals surface area contributed by atoms with Crippen molar-refractivity contribution in [1.29, 1.82) is 0 Å². The molecule has 0 spiro atoms. The fourth-order valence-electron chi connectivity index (χ4n) is 1.20. The molecule has 4 heteroatoms. The van der Waals surface area contributed by atoms with Gasteiger partial charge in [-0.1, -0.05) is 13.0 Å². The summed E-state index contributed by atoms with van der Waals surface area (Å²) >= 11 is 0. The molecule has 4 nitrogen and oxygen atoms in total. The van der Waals surface area contributed by atoms with E-state index in [9.17, 15) is 4.79 Å². The summed E-state index contributed by atoms with van der Waals surface area (Å²) in [6.07, 6.45) is 2.41. The van der Waals surface area contributed by atoms with Crippen LogP contribution in [0.2, 0.25) is 0 Å². The number of hydrogen-bond acceptors (Lipinski definition) is 3. The molecule has 1 atom stereocenters. The van der Waals surface area contributed by atoms with Gasteiger partial charge in [0.25, 0.3) is 0 Å². The van der Waals surface area contributed by atoms with Crippen LogP contribution in [0.15, 0.2) is 12.7 Å². The molecule has 0 heterocycles. The topological polar surface area (TPSA) is 60.8 Å². The van der Waals surface area contributed by atoms with E-state index in [1.807, 2.05) is 4.90 Å². The van der Waals surface area contributed by atoms with Crippen LogP contribution in [0.4, 0.5) is 0 Å². The molecule has 0 rings (SSSR count). The predicted molar refractivity (Wildman–Crippen MR) is 55.1 cm³/mol. The van der Waals surface area contributed by atoms with Crippen LogP contribution < -0.4 is 0 Å². The first kappa shape index (κ1) is 13.1. The molecule has 2 N–H and O–H groups in total. The molecule has 14 heavy (non-hydrogen) atoms. The van der Waals surface area contributed by atoms with Crippen molar-refractivity contribution in [3.8, 4) is 0 Å². The van der Waals surface area contributed by atoms with E-state index in [1.165, 1.54) is 0 Å². The Balaban J connectivity index is 3.93. The van der Waals surface area contributed by atoms with Crippen LogP contribution in [-0.4, -0.2) is 47.3 Å². The van der Waals surface area contributed by atoms with E-state index < -0.39 is 5.97 Å². The Bertz CT molecular complexity index is 182. The van der Waals surface area contributed by atoms with Gasteiger partial charge in [0.05, 0.1) is 5.92 Å². The van der Waals surface area contributed by atoms with Gasteiger partial charge in [-0.2, -0.15) is 0 Å². The van der Waals surface area contributed by atoms with Crippen molar-refractivity contribution in [2.75, 3.05) is 26.2 Å². The first-order valence-electron chi connectivity index (χ1n) is 4.78. The third kappa shape index (κ3) is 5.72. The van der Waals surface area contributed by atoms with E-state index in [0.29, 0.717) is 26.1 Å². The molecule has 0 aromatic heterocycles. The van der Waals surface area contributed by atoms with E-state index >= 15 is 0 Å². The average Bonchev–Trinajstić information content (AvgIpc) is 2.14. The van der Waals surface area contributed by atoms with Gasteiger partial charge >= 0.3 is 5.97 Å². The quantitative estimate of drug-likeness (QED) is 0.564. The van der Waals surface area contributed by atoms with Crippen molar-refractivity contribution in [2.24, 2.45) is 5.92 Å². The predicted octanol–water partition coefficient (Wildman–Crippen LogP) is 0.577. The Kier molecular flexibility index (Phi) is 7.06. The maximum atomic E-state index is 10.6. The molecule has 0 aliphatic heterocycles. The van der Waals surface area contributed by atoms with Crippen LogP contribution in [-0.2, 0) is 4.79 Å². The minimum atomic E-state index is -0.789. The molecule has 0 saturated heterocycles. The standard InChI is InChI=1S/C10H19NO3/c1-3-5-11(6-4-7-12)8-9(2)10(13)14/h3,9,12H,1,4-8H2,2H3,(H,13,14). The van der Waals surface area contributed by atoms with Crippen LogP contribution in [0, 0.1) is 5.92 Å². The van der Waals surface area contributed by atoms with E-state index in [2.05, 4.69) is 6.58 Å². The first-order valence-corrected chi connectivity index (χ1v) is 4.78. The van der Waals surface area contributed by atoms with E-state index in [1.54, 1.807) is 13.0 Å². The summed E-state index contributed by atoms with van der Waals surface area (Å²) in [5.41, 5.74) is 0. The number of carboxylic acids is 1. The third-order valence-corrected chi connectivity index (χ3v) is 1.97. The van der Waals surface area contributed by atoms with Crippen molar-refractivity contribution in [3.05, 3.63) is 12.7 Å². The van der Waals surface area contributed by atoms with Gasteiger partial charge in [-0.25, -0.2) is 0 Å². The highest BCUT2D eigenvalue weighted by molar-refractivity contribution is 5.69. The molecule has 0 aliphatic rings. The lowest BCUT2D eigenvalue weighted by atomic mass is 10.1. The average molecular weight is 201 g/mol. The molecule has 82 valence electrons. The second kappa shape index (κ2) is 7.53. The molecule has 0 radical (unpaired) electrons. The zero-order valence-electron chi connectivity index (χ0n) is 8.65. The smallest absolute Gasteiger partial charge is 0.307 e. The van der Waals surface area contributed by atoms with Crippen molar-refractivity contribution in [3.63, 3.8) is 0 Å². The van der Waals surface area contributed by atoms with Crippen molar-refractivity contribution >= 4 is 5.97 Å². The fraction of sp³-hybridized carbons (Fsp3) is 0.700. The summed E-state index contributed by atoms with van der Waals surface area (Å²) in [6, 6.07) is 0. The van der Waals surface area contributed by atoms with E-state index in [0.717, 1.165) is 0 Å². The van der Waals surface area contributed by atoms with Gasteiger partial charge in [-0.05, 0) is 6.42 Å². The largest absolute Gasteiger partial charge is 0.481 e. The monoisotopic (exact) mass is 201 g/mol. The molecule has 0 fully saturated rings. The summed E-state index contributed by atoms with van der Waals surface area (Å²) in [4.78, 5) is 12.6. The summed E-state index contributed by atoms with van der Waals surface area (Å²) in [5, 5.41) is 17.4. The Labute approximate surface area is 84.8 Å². The minimum Gasteiger partial charge on any atom is -0.481 e. The molecule has 0 bridgehead atoms. The third-order valence-electron chi connectivity index (χ3n) is 1.97. The van der Waals surface area contributed by atoms with Crippen molar-refractivity contribution < 1.29 is 15.0 Å². The normalized spacial score (nSPS) is 12.8. The van der Waals surface area contributed by atoms with E-state index in [-0.39, 0.29) is 12.5 Å². The molecular weight excluding hydrogens is 182 g/mol. The highest BCUT2D eigenvalue weighted by Gasteiger charge is 2.14. The van der Waals surface area contributed by atoms with Gasteiger partial charge in [0.15, 0.2) is 0 Å². The lowest BCUT2D eigenvalue weighted by Gasteiger charge is -2.22. The Morgan fingerprint density at radius 2 is 2.29 bits per heavy atom. The second-order valence-corrected chi connectivity index (χ2v) is 3.36. The molecule has 1 unspecified atom stereocenters. The van der Waals surface area contributed by atoms with Gasteiger partial charge in [-0.15, -0.1) is 6.58 Å². The minimum absolute atomic E-state index is 0.134. The van der Waals surface area contributed by atoms with Crippen molar-refractivity contribution in [2.45, 2.75) is 13.3 Å². The van der Waals surface area contributed by atoms with Crippen LogP contribution >= 0.6 is 0 Å². The number of hydrogen-bond donors (Lipinski definition) is 2. The fourth-order valence-corrected chi connectivity index (χ4v) is 1.20. The number of carbonyl (C=O) groups is 1. The second-order valence-electron chi connectivity index (χ2n) is 3.36. The van der Waals surface area contributed by atoms with Gasteiger partial charge in [0.2, 0.25) is 0 Å². The number of aliphatic carboxylic acids is 1. The number of nitrogens with zero attached hydrogens (tertiary/aromatic N) is 1. The molecule has 0 aromatic rings. The molecular formula is C10H19NO3. The summed E-state index contributed by atoms with van der Waals surface area (Å²) in [5.74, 6) is -1.17. The highest BCUT2D eigenvalue weighted by Crippen LogP contribution is 2.01. The van der Waals surface area contributed by atoms with Crippen molar-refractivity contribution in [1.82, 2.24) is 4.90 Å².